The molecule has 0 saturated heterocycles. The Morgan fingerprint density at radius 1 is 1.56 bits per heavy atom. The van der Waals surface area contributed by atoms with Crippen molar-refractivity contribution in [1.82, 2.24) is 0 Å². The lowest BCUT2D eigenvalue weighted by molar-refractivity contribution is 0.0441. The first-order valence-corrected chi connectivity index (χ1v) is 2.69. The maximum Gasteiger partial charge on any atom is 0.220 e. The normalized spacial score (nSPS) is 10.1. The molecule has 0 amide bonds. The van der Waals surface area contributed by atoms with E-state index in [1.807, 2.05) is 0 Å². The van der Waals surface area contributed by atoms with Gasteiger partial charge >= 0.3 is 0 Å². The number of rotatable bonds is 5. The van der Waals surface area contributed by atoms with Gasteiger partial charge in [0.15, 0.2) is 0 Å². The molecule has 0 aromatic carbocycles. The van der Waals surface area contributed by atoms with Crippen LogP contribution in [0, 0.1) is 6.29 Å². The van der Waals surface area contributed by atoms with Gasteiger partial charge in [-0.3, -0.25) is 0 Å². The Bertz CT molecular complexity index is 70.7. The van der Waals surface area contributed by atoms with Gasteiger partial charge in [-0.1, -0.05) is 6.08 Å². The molecule has 9 heavy (non-hydrogen) atoms. The van der Waals surface area contributed by atoms with Gasteiger partial charge in [-0.15, -0.1) is 6.58 Å². The predicted molar refractivity (Wildman–Crippen MR) is 32.7 cm³/mol. The van der Waals surface area contributed by atoms with Gasteiger partial charge < -0.3 is 14.9 Å². The molecule has 0 spiro atoms. The van der Waals surface area contributed by atoms with Crippen molar-refractivity contribution in [1.29, 1.82) is 0 Å². The van der Waals surface area contributed by atoms with Gasteiger partial charge in [0.2, 0.25) is 6.29 Å². The maximum absolute atomic E-state index is 8.22. The highest BCUT2D eigenvalue weighted by Crippen LogP contribution is 1.93. The lowest BCUT2D eigenvalue weighted by atomic mass is 10.4. The van der Waals surface area contributed by atoms with Crippen molar-refractivity contribution in [3.63, 3.8) is 0 Å². The summed E-state index contributed by atoms with van der Waals surface area (Å²) in [6.07, 6.45) is 1.20. The quantitative estimate of drug-likeness (QED) is 0.429. The van der Waals surface area contributed by atoms with Crippen LogP contribution in [-0.2, 0) is 4.74 Å². The zero-order valence-corrected chi connectivity index (χ0v) is 5.21. The minimum Gasteiger partial charge on any atom is -0.377 e. The summed E-state index contributed by atoms with van der Waals surface area (Å²) < 4.78 is 4.83. The van der Waals surface area contributed by atoms with Crippen LogP contribution in [0.5, 0.6) is 0 Å². The summed E-state index contributed by atoms with van der Waals surface area (Å²) in [5, 5.41) is 16.4. The number of hydrogen-bond donors (Lipinski definition) is 2. The fourth-order valence-corrected chi connectivity index (χ4v) is 0.330. The number of hydrogen-bond acceptors (Lipinski definition) is 3. The summed E-state index contributed by atoms with van der Waals surface area (Å²) in [6.45, 7) is 4.20. The lowest BCUT2D eigenvalue weighted by Gasteiger charge is -2.00. The minimum atomic E-state index is -0.584. The SMILES string of the molecule is C=CCOCC[C](O)O. The van der Waals surface area contributed by atoms with Gasteiger partial charge in [0, 0.05) is 6.42 Å². The average Bonchev–Trinajstić information content (AvgIpc) is 1.80. The largest absolute Gasteiger partial charge is 0.377 e. The zero-order valence-electron chi connectivity index (χ0n) is 5.21. The van der Waals surface area contributed by atoms with Crippen molar-refractivity contribution in [3.8, 4) is 0 Å². The number of aliphatic hydroxyl groups excluding tert-OH is 1. The Hall–Kier alpha value is -0.380. The van der Waals surface area contributed by atoms with Gasteiger partial charge in [0.25, 0.3) is 0 Å². The van der Waals surface area contributed by atoms with Crippen molar-refractivity contribution in [2.24, 2.45) is 0 Å². The van der Waals surface area contributed by atoms with Crippen molar-refractivity contribution in [2.75, 3.05) is 13.2 Å². The summed E-state index contributed by atoms with van der Waals surface area (Å²) in [4.78, 5) is 0. The molecule has 0 heterocycles. The van der Waals surface area contributed by atoms with Gasteiger partial charge in [0.1, 0.15) is 0 Å². The van der Waals surface area contributed by atoms with Crippen LogP contribution in [0.25, 0.3) is 0 Å². The molecule has 0 saturated carbocycles. The third-order valence-corrected chi connectivity index (χ3v) is 0.706. The molecule has 0 aliphatic heterocycles. The first-order chi connectivity index (χ1) is 4.27. The van der Waals surface area contributed by atoms with Crippen LogP contribution in [0.2, 0.25) is 0 Å². The Morgan fingerprint density at radius 3 is 2.67 bits per heavy atom. The van der Waals surface area contributed by atoms with E-state index in [9.17, 15) is 0 Å². The van der Waals surface area contributed by atoms with E-state index in [0.29, 0.717) is 13.2 Å². The Kier molecular flexibility index (Phi) is 5.51. The highest BCUT2D eigenvalue weighted by Gasteiger charge is 1.96. The van der Waals surface area contributed by atoms with Crippen LogP contribution in [0.4, 0.5) is 0 Å². The van der Waals surface area contributed by atoms with Gasteiger partial charge in [-0.2, -0.15) is 0 Å². The molecule has 0 bridgehead atoms. The first kappa shape index (κ1) is 8.62. The standard InChI is InChI=1S/C6H11O3/c1-2-4-9-5-3-6(7)8/h2,7-8H,1,3-5H2. The Balaban J connectivity index is 2.82. The second kappa shape index (κ2) is 5.75. The van der Waals surface area contributed by atoms with Crippen LogP contribution >= 0.6 is 0 Å². The van der Waals surface area contributed by atoms with Gasteiger partial charge in [-0.05, 0) is 0 Å². The molecule has 0 fully saturated rings. The molecule has 2 N–H and O–H groups in total. The topological polar surface area (TPSA) is 49.7 Å². The van der Waals surface area contributed by atoms with Gasteiger partial charge in [0.05, 0.1) is 13.2 Å². The van der Waals surface area contributed by atoms with E-state index in [1.54, 1.807) is 6.08 Å². The second-order valence-electron chi connectivity index (χ2n) is 1.53. The van der Waals surface area contributed by atoms with E-state index < -0.39 is 6.29 Å². The van der Waals surface area contributed by atoms with E-state index in [0.717, 1.165) is 0 Å². The molecule has 53 valence electrons. The molecule has 0 unspecified atom stereocenters. The summed E-state index contributed by atoms with van der Waals surface area (Å²) >= 11 is 0. The first-order valence-electron chi connectivity index (χ1n) is 2.69. The zero-order chi connectivity index (χ0) is 7.11. The van der Waals surface area contributed by atoms with Crippen LogP contribution in [-0.4, -0.2) is 23.4 Å². The molecular formula is C6H11O3. The van der Waals surface area contributed by atoms with E-state index in [2.05, 4.69) is 6.58 Å². The highest BCUT2D eigenvalue weighted by molar-refractivity contribution is 4.64. The van der Waals surface area contributed by atoms with Crippen molar-refractivity contribution < 1.29 is 14.9 Å². The van der Waals surface area contributed by atoms with Crippen LogP contribution in [0.3, 0.4) is 0 Å². The van der Waals surface area contributed by atoms with Crippen molar-refractivity contribution >= 4 is 0 Å². The van der Waals surface area contributed by atoms with Crippen molar-refractivity contribution in [2.45, 2.75) is 6.42 Å². The monoisotopic (exact) mass is 131 g/mol. The van der Waals surface area contributed by atoms with Crippen LogP contribution < -0.4 is 0 Å². The molecule has 0 rings (SSSR count). The molecule has 0 atom stereocenters. The van der Waals surface area contributed by atoms with E-state index in [1.165, 1.54) is 0 Å². The second-order valence-corrected chi connectivity index (χ2v) is 1.53. The third kappa shape index (κ3) is 7.62. The lowest BCUT2D eigenvalue weighted by Crippen LogP contribution is -2.00. The highest BCUT2D eigenvalue weighted by atomic mass is 16.5. The average molecular weight is 131 g/mol. The summed E-state index contributed by atoms with van der Waals surface area (Å²) in [5.74, 6) is 0. The summed E-state index contributed by atoms with van der Waals surface area (Å²) in [6, 6.07) is 0. The smallest absolute Gasteiger partial charge is 0.220 e. The molecule has 3 nitrogen and oxygen atoms in total. The fraction of sp³-hybridized carbons (Fsp3) is 0.500. The van der Waals surface area contributed by atoms with E-state index >= 15 is 0 Å². The van der Waals surface area contributed by atoms with Crippen LogP contribution in [0.1, 0.15) is 6.42 Å². The molecule has 0 aliphatic rings. The molecule has 0 aromatic rings. The molecule has 0 aromatic heterocycles. The number of ether oxygens (including phenoxy) is 1. The summed E-state index contributed by atoms with van der Waals surface area (Å²) in [7, 11) is 0. The Labute approximate surface area is 54.6 Å². The summed E-state index contributed by atoms with van der Waals surface area (Å²) in [5.41, 5.74) is 0. The number of aliphatic hydroxyl groups is 2. The van der Waals surface area contributed by atoms with E-state index in [-0.39, 0.29) is 6.42 Å². The van der Waals surface area contributed by atoms with Crippen LogP contribution in [0.15, 0.2) is 12.7 Å². The fourth-order valence-electron chi connectivity index (χ4n) is 0.330. The molecular weight excluding hydrogens is 120 g/mol. The van der Waals surface area contributed by atoms with E-state index in [4.69, 9.17) is 14.9 Å². The third-order valence-electron chi connectivity index (χ3n) is 0.706. The van der Waals surface area contributed by atoms with Gasteiger partial charge in [-0.25, -0.2) is 0 Å². The predicted octanol–water partition coefficient (Wildman–Crippen LogP) is 0.814. The van der Waals surface area contributed by atoms with Crippen molar-refractivity contribution in [3.05, 3.63) is 18.9 Å². The minimum absolute atomic E-state index is 0.174. The molecule has 3 heteroatoms. The maximum atomic E-state index is 8.22. The molecule has 0 aliphatic carbocycles. The molecule has 1 radical (unpaired) electrons. The Morgan fingerprint density at radius 2 is 2.22 bits per heavy atom.